The molecule has 1 aromatic heterocycles. The van der Waals surface area contributed by atoms with Crippen LogP contribution in [0.1, 0.15) is 51.3 Å². The van der Waals surface area contributed by atoms with Gasteiger partial charge in [0.15, 0.2) is 0 Å². The molecule has 3 rings (SSSR count). The molecule has 1 saturated heterocycles. The summed E-state index contributed by atoms with van der Waals surface area (Å²) in [4.78, 5) is 29.1. The van der Waals surface area contributed by atoms with Gasteiger partial charge in [-0.2, -0.15) is 5.10 Å². The van der Waals surface area contributed by atoms with Gasteiger partial charge in [-0.25, -0.2) is 4.68 Å². The zero-order chi connectivity index (χ0) is 16.6. The normalized spacial score (nSPS) is 20.8. The smallest absolute Gasteiger partial charge is 0.267 e. The molecule has 2 aliphatic rings. The standard InChI is InChI=1S/C17H26N4O2/c1-12(2)19-8-10-20(11-9-19)17(23)13(3)21-16(22)7-6-15(18-21)14-4-5-14/h6-7,12-14H,4-5,8-11H2,1-3H3. The van der Waals surface area contributed by atoms with Gasteiger partial charge >= 0.3 is 0 Å². The van der Waals surface area contributed by atoms with Gasteiger partial charge in [-0.3, -0.25) is 14.5 Å². The minimum atomic E-state index is -0.535. The number of carbonyl (C=O) groups excluding carboxylic acids is 1. The quantitative estimate of drug-likeness (QED) is 0.838. The van der Waals surface area contributed by atoms with Crippen molar-refractivity contribution in [3.63, 3.8) is 0 Å². The molecule has 6 nitrogen and oxygen atoms in total. The Labute approximate surface area is 137 Å². The highest BCUT2D eigenvalue weighted by Crippen LogP contribution is 2.38. The zero-order valence-corrected chi connectivity index (χ0v) is 14.2. The molecular formula is C17H26N4O2. The summed E-state index contributed by atoms with van der Waals surface area (Å²) in [6.45, 7) is 9.35. The topological polar surface area (TPSA) is 58.4 Å². The van der Waals surface area contributed by atoms with E-state index in [-0.39, 0.29) is 11.5 Å². The van der Waals surface area contributed by atoms with Gasteiger partial charge in [0, 0.05) is 44.2 Å². The van der Waals surface area contributed by atoms with Crippen molar-refractivity contribution in [2.45, 2.75) is 51.6 Å². The summed E-state index contributed by atoms with van der Waals surface area (Å²) in [5.41, 5.74) is 0.741. The molecule has 2 heterocycles. The van der Waals surface area contributed by atoms with Crippen LogP contribution < -0.4 is 5.56 Å². The molecule has 0 N–H and O–H groups in total. The third-order valence-electron chi connectivity index (χ3n) is 4.92. The Kier molecular flexibility index (Phi) is 4.53. The fraction of sp³-hybridized carbons (Fsp3) is 0.706. The number of piperazine rings is 1. The first kappa shape index (κ1) is 16.2. The molecule has 1 aliphatic carbocycles. The first-order valence-electron chi connectivity index (χ1n) is 8.60. The van der Waals surface area contributed by atoms with Crippen molar-refractivity contribution < 1.29 is 4.79 Å². The molecule has 1 unspecified atom stereocenters. The number of aromatic nitrogens is 2. The van der Waals surface area contributed by atoms with Gasteiger partial charge in [0.05, 0.1) is 5.69 Å². The van der Waals surface area contributed by atoms with Crippen LogP contribution >= 0.6 is 0 Å². The van der Waals surface area contributed by atoms with E-state index in [1.807, 2.05) is 4.90 Å². The average Bonchev–Trinajstić information content (AvgIpc) is 3.39. The maximum Gasteiger partial charge on any atom is 0.267 e. The van der Waals surface area contributed by atoms with Gasteiger partial charge in [-0.1, -0.05) is 0 Å². The Bertz CT molecular complexity index is 628. The monoisotopic (exact) mass is 318 g/mol. The molecule has 0 spiro atoms. The van der Waals surface area contributed by atoms with Crippen LogP contribution in [0.15, 0.2) is 16.9 Å². The molecule has 1 saturated carbocycles. The second kappa shape index (κ2) is 6.43. The lowest BCUT2D eigenvalue weighted by Gasteiger charge is -2.37. The summed E-state index contributed by atoms with van der Waals surface area (Å²) >= 11 is 0. The molecule has 1 aromatic rings. The summed E-state index contributed by atoms with van der Waals surface area (Å²) in [5, 5.41) is 4.44. The fourth-order valence-corrected chi connectivity index (χ4v) is 3.14. The molecular weight excluding hydrogens is 292 g/mol. The maximum atomic E-state index is 12.7. The summed E-state index contributed by atoms with van der Waals surface area (Å²) in [6.07, 6.45) is 2.26. The van der Waals surface area contributed by atoms with Crippen LogP contribution in [0.2, 0.25) is 0 Å². The van der Waals surface area contributed by atoms with Crippen LogP contribution in [-0.2, 0) is 4.79 Å². The third kappa shape index (κ3) is 3.47. The van der Waals surface area contributed by atoms with Gasteiger partial charge in [0.2, 0.25) is 5.91 Å². The van der Waals surface area contributed by atoms with E-state index in [0.717, 1.165) is 44.7 Å². The summed E-state index contributed by atoms with van der Waals surface area (Å²) in [6, 6.07) is 3.31. The Hall–Kier alpha value is -1.69. The van der Waals surface area contributed by atoms with E-state index >= 15 is 0 Å². The number of rotatable bonds is 4. The van der Waals surface area contributed by atoms with Crippen LogP contribution in [0.3, 0.4) is 0 Å². The molecule has 1 amide bonds. The van der Waals surface area contributed by atoms with Gasteiger partial charge in [0.25, 0.3) is 5.56 Å². The summed E-state index contributed by atoms with van der Waals surface area (Å²) in [5.74, 6) is 0.467. The highest BCUT2D eigenvalue weighted by atomic mass is 16.2. The van der Waals surface area contributed by atoms with Crippen molar-refractivity contribution in [2.75, 3.05) is 26.2 Å². The predicted molar refractivity (Wildman–Crippen MR) is 88.5 cm³/mol. The first-order valence-corrected chi connectivity index (χ1v) is 8.60. The van der Waals surface area contributed by atoms with E-state index in [0.29, 0.717) is 12.0 Å². The Morgan fingerprint density at radius 3 is 2.35 bits per heavy atom. The Balaban J connectivity index is 1.70. The van der Waals surface area contributed by atoms with Gasteiger partial charge in [-0.05, 0) is 39.7 Å². The highest BCUT2D eigenvalue weighted by molar-refractivity contribution is 5.80. The van der Waals surface area contributed by atoms with Crippen molar-refractivity contribution in [1.29, 1.82) is 0 Å². The minimum Gasteiger partial charge on any atom is -0.338 e. The number of hydrogen-bond donors (Lipinski definition) is 0. The van der Waals surface area contributed by atoms with Crippen molar-refractivity contribution in [3.05, 3.63) is 28.2 Å². The third-order valence-corrected chi connectivity index (χ3v) is 4.92. The lowest BCUT2D eigenvalue weighted by molar-refractivity contribution is -0.136. The molecule has 6 heteroatoms. The molecule has 0 bridgehead atoms. The van der Waals surface area contributed by atoms with Crippen molar-refractivity contribution >= 4 is 5.91 Å². The van der Waals surface area contributed by atoms with E-state index in [1.54, 1.807) is 19.1 Å². The molecule has 0 radical (unpaired) electrons. The van der Waals surface area contributed by atoms with Crippen LogP contribution in [-0.4, -0.2) is 57.7 Å². The van der Waals surface area contributed by atoms with E-state index in [1.165, 1.54) is 4.68 Å². The van der Waals surface area contributed by atoms with Crippen molar-refractivity contribution in [1.82, 2.24) is 19.6 Å². The number of amides is 1. The largest absolute Gasteiger partial charge is 0.338 e. The van der Waals surface area contributed by atoms with Crippen LogP contribution in [0.5, 0.6) is 0 Å². The summed E-state index contributed by atoms with van der Waals surface area (Å²) < 4.78 is 1.37. The van der Waals surface area contributed by atoms with E-state index in [4.69, 9.17) is 0 Å². The summed E-state index contributed by atoms with van der Waals surface area (Å²) in [7, 11) is 0. The van der Waals surface area contributed by atoms with Gasteiger partial charge in [0.1, 0.15) is 6.04 Å². The van der Waals surface area contributed by atoms with Crippen molar-refractivity contribution in [2.24, 2.45) is 0 Å². The molecule has 126 valence electrons. The lowest BCUT2D eigenvalue weighted by Crippen LogP contribution is -2.52. The average molecular weight is 318 g/mol. The zero-order valence-electron chi connectivity index (χ0n) is 14.2. The Morgan fingerprint density at radius 2 is 1.78 bits per heavy atom. The molecule has 0 aromatic carbocycles. The maximum absolute atomic E-state index is 12.7. The SMILES string of the molecule is CC(C)N1CCN(C(=O)C(C)n2nc(C3CC3)ccc2=O)CC1. The van der Waals surface area contributed by atoms with Crippen LogP contribution in [0.4, 0.5) is 0 Å². The number of hydrogen-bond acceptors (Lipinski definition) is 4. The lowest BCUT2D eigenvalue weighted by atomic mass is 10.2. The Morgan fingerprint density at radius 1 is 1.13 bits per heavy atom. The first-order chi connectivity index (χ1) is 11.0. The molecule has 23 heavy (non-hydrogen) atoms. The van der Waals surface area contributed by atoms with Crippen LogP contribution in [0, 0.1) is 0 Å². The fourth-order valence-electron chi connectivity index (χ4n) is 3.14. The van der Waals surface area contributed by atoms with Crippen LogP contribution in [0.25, 0.3) is 0 Å². The van der Waals surface area contributed by atoms with E-state index < -0.39 is 6.04 Å². The minimum absolute atomic E-state index is 0.00375. The molecule has 1 atom stereocenters. The van der Waals surface area contributed by atoms with Gasteiger partial charge < -0.3 is 4.90 Å². The second-order valence-electron chi connectivity index (χ2n) is 6.95. The number of nitrogens with zero attached hydrogens (tertiary/aromatic N) is 4. The highest BCUT2D eigenvalue weighted by Gasteiger charge is 2.30. The van der Waals surface area contributed by atoms with Gasteiger partial charge in [-0.15, -0.1) is 0 Å². The predicted octanol–water partition coefficient (Wildman–Crippen LogP) is 1.23. The molecule has 2 fully saturated rings. The number of carbonyl (C=O) groups is 1. The van der Waals surface area contributed by atoms with Crippen molar-refractivity contribution in [3.8, 4) is 0 Å². The molecule has 1 aliphatic heterocycles. The van der Waals surface area contributed by atoms with E-state index in [2.05, 4.69) is 23.8 Å². The second-order valence-corrected chi connectivity index (χ2v) is 6.95. The van der Waals surface area contributed by atoms with E-state index in [9.17, 15) is 9.59 Å².